The third-order valence-corrected chi connectivity index (χ3v) is 3.56. The van der Waals surface area contributed by atoms with E-state index in [0.717, 1.165) is 17.0 Å². The third kappa shape index (κ3) is 6.50. The van der Waals surface area contributed by atoms with Gasteiger partial charge in [-0.05, 0) is 55.2 Å². The molecule has 0 aliphatic carbocycles. The molecule has 130 valence electrons. The molecule has 0 aliphatic heterocycles. The van der Waals surface area contributed by atoms with Crippen molar-refractivity contribution in [2.45, 2.75) is 26.7 Å². The van der Waals surface area contributed by atoms with Crippen LogP contribution in [0.5, 0.6) is 5.75 Å². The highest BCUT2D eigenvalue weighted by molar-refractivity contribution is 5.85. The highest BCUT2D eigenvalue weighted by atomic mass is 35.5. The summed E-state index contributed by atoms with van der Waals surface area (Å²) in [4.78, 5) is 11.8. The first-order chi connectivity index (χ1) is 11.0. The predicted octanol–water partition coefficient (Wildman–Crippen LogP) is 3.44. The van der Waals surface area contributed by atoms with E-state index in [1.165, 1.54) is 11.1 Å². The lowest BCUT2D eigenvalue weighted by Crippen LogP contribution is -2.28. The number of carbonyl (C=O) groups is 1. The lowest BCUT2D eigenvalue weighted by molar-refractivity contribution is -0.121. The SMILES string of the molecule is Cc1cc(C)cc(OCCNC(=O)CCc2ccccc2N)c1.Cl. The molecular weight excluding hydrogens is 324 g/mol. The topological polar surface area (TPSA) is 64.3 Å². The molecule has 24 heavy (non-hydrogen) atoms. The third-order valence-electron chi connectivity index (χ3n) is 3.56. The summed E-state index contributed by atoms with van der Waals surface area (Å²) in [7, 11) is 0. The van der Waals surface area contributed by atoms with Gasteiger partial charge in [-0.15, -0.1) is 12.4 Å². The number of amides is 1. The van der Waals surface area contributed by atoms with E-state index in [9.17, 15) is 4.79 Å². The maximum atomic E-state index is 11.8. The van der Waals surface area contributed by atoms with Crippen molar-refractivity contribution in [2.75, 3.05) is 18.9 Å². The number of ether oxygens (including phenoxy) is 1. The molecule has 2 aromatic carbocycles. The van der Waals surface area contributed by atoms with E-state index in [0.29, 0.717) is 26.0 Å². The van der Waals surface area contributed by atoms with E-state index >= 15 is 0 Å². The summed E-state index contributed by atoms with van der Waals surface area (Å²) in [5.74, 6) is 0.853. The van der Waals surface area contributed by atoms with Gasteiger partial charge in [0.15, 0.2) is 0 Å². The van der Waals surface area contributed by atoms with Crippen molar-refractivity contribution < 1.29 is 9.53 Å². The zero-order valence-electron chi connectivity index (χ0n) is 14.2. The van der Waals surface area contributed by atoms with E-state index in [1.54, 1.807) is 0 Å². The molecule has 5 heteroatoms. The molecule has 0 heterocycles. The van der Waals surface area contributed by atoms with E-state index in [2.05, 4.69) is 11.4 Å². The zero-order valence-corrected chi connectivity index (χ0v) is 15.0. The monoisotopic (exact) mass is 348 g/mol. The Labute approximate surface area is 149 Å². The van der Waals surface area contributed by atoms with Gasteiger partial charge in [0.25, 0.3) is 0 Å². The number of nitrogen functional groups attached to an aromatic ring is 1. The first-order valence-electron chi connectivity index (χ1n) is 7.86. The normalized spacial score (nSPS) is 9.92. The molecule has 2 rings (SSSR count). The maximum Gasteiger partial charge on any atom is 0.220 e. The average Bonchev–Trinajstić information content (AvgIpc) is 2.50. The van der Waals surface area contributed by atoms with Crippen LogP contribution in [0.3, 0.4) is 0 Å². The van der Waals surface area contributed by atoms with Crippen LogP contribution in [0.4, 0.5) is 5.69 Å². The predicted molar refractivity (Wildman–Crippen MR) is 101 cm³/mol. The van der Waals surface area contributed by atoms with Gasteiger partial charge in [0, 0.05) is 12.1 Å². The van der Waals surface area contributed by atoms with Crippen LogP contribution in [0.1, 0.15) is 23.1 Å². The molecule has 0 saturated heterocycles. The number of halogens is 1. The standard InChI is InChI=1S/C19H24N2O2.ClH/c1-14-11-15(2)13-17(12-14)23-10-9-21-19(22)8-7-16-5-3-4-6-18(16)20;/h3-6,11-13H,7-10,20H2,1-2H3,(H,21,22);1H. The largest absolute Gasteiger partial charge is 0.492 e. The molecule has 0 radical (unpaired) electrons. The Morgan fingerprint density at radius 3 is 2.46 bits per heavy atom. The first-order valence-corrected chi connectivity index (χ1v) is 7.86. The molecular formula is C19H25ClN2O2. The maximum absolute atomic E-state index is 11.8. The molecule has 0 saturated carbocycles. The Morgan fingerprint density at radius 1 is 1.12 bits per heavy atom. The number of rotatable bonds is 7. The second kappa shape index (κ2) is 9.83. The van der Waals surface area contributed by atoms with Crippen molar-refractivity contribution in [3.8, 4) is 5.75 Å². The van der Waals surface area contributed by atoms with Gasteiger partial charge in [-0.2, -0.15) is 0 Å². The number of para-hydroxylation sites is 1. The van der Waals surface area contributed by atoms with Gasteiger partial charge in [-0.25, -0.2) is 0 Å². The highest BCUT2D eigenvalue weighted by Crippen LogP contribution is 2.16. The number of nitrogens with two attached hydrogens (primary N) is 1. The molecule has 0 unspecified atom stereocenters. The highest BCUT2D eigenvalue weighted by Gasteiger charge is 2.04. The summed E-state index contributed by atoms with van der Waals surface area (Å²) in [5.41, 5.74) is 9.95. The minimum Gasteiger partial charge on any atom is -0.492 e. The van der Waals surface area contributed by atoms with Gasteiger partial charge >= 0.3 is 0 Å². The molecule has 0 bridgehead atoms. The van der Waals surface area contributed by atoms with E-state index in [4.69, 9.17) is 10.5 Å². The van der Waals surface area contributed by atoms with Crippen molar-refractivity contribution >= 4 is 24.0 Å². The van der Waals surface area contributed by atoms with Crippen LogP contribution in [-0.2, 0) is 11.2 Å². The smallest absolute Gasteiger partial charge is 0.220 e. The van der Waals surface area contributed by atoms with Crippen molar-refractivity contribution in [1.82, 2.24) is 5.32 Å². The van der Waals surface area contributed by atoms with Crippen LogP contribution in [-0.4, -0.2) is 19.1 Å². The number of nitrogens with one attached hydrogen (secondary N) is 1. The Balaban J connectivity index is 0.00000288. The molecule has 3 N–H and O–H groups in total. The van der Waals surface area contributed by atoms with E-state index in [-0.39, 0.29) is 18.3 Å². The molecule has 0 aliphatic rings. The second-order valence-electron chi connectivity index (χ2n) is 5.72. The molecule has 0 aromatic heterocycles. The Kier molecular flexibility index (Phi) is 8.13. The van der Waals surface area contributed by atoms with Gasteiger partial charge in [-0.1, -0.05) is 24.3 Å². The Hall–Kier alpha value is -2.20. The van der Waals surface area contributed by atoms with E-state index < -0.39 is 0 Å². The van der Waals surface area contributed by atoms with Crippen LogP contribution in [0, 0.1) is 13.8 Å². The number of hydrogen-bond acceptors (Lipinski definition) is 3. The minimum absolute atomic E-state index is 0. The molecule has 0 atom stereocenters. The van der Waals surface area contributed by atoms with Crippen LogP contribution in [0.2, 0.25) is 0 Å². The summed E-state index contributed by atoms with van der Waals surface area (Å²) < 4.78 is 5.67. The Bertz CT molecular complexity index is 654. The quantitative estimate of drug-likeness (QED) is 0.595. The summed E-state index contributed by atoms with van der Waals surface area (Å²) >= 11 is 0. The van der Waals surface area contributed by atoms with Gasteiger partial charge in [0.1, 0.15) is 12.4 Å². The van der Waals surface area contributed by atoms with Crippen molar-refractivity contribution in [1.29, 1.82) is 0 Å². The number of anilines is 1. The van der Waals surface area contributed by atoms with Crippen LogP contribution >= 0.6 is 12.4 Å². The first kappa shape index (κ1) is 19.8. The van der Waals surface area contributed by atoms with Crippen LogP contribution in [0.15, 0.2) is 42.5 Å². The molecule has 4 nitrogen and oxygen atoms in total. The Morgan fingerprint density at radius 2 is 1.79 bits per heavy atom. The summed E-state index contributed by atoms with van der Waals surface area (Å²) in [6, 6.07) is 13.7. The second-order valence-corrected chi connectivity index (χ2v) is 5.72. The van der Waals surface area contributed by atoms with Gasteiger partial charge < -0.3 is 15.8 Å². The molecule has 0 fully saturated rings. The number of hydrogen-bond donors (Lipinski definition) is 2. The van der Waals surface area contributed by atoms with Crippen LogP contribution < -0.4 is 15.8 Å². The number of aryl methyl sites for hydroxylation is 3. The average molecular weight is 349 g/mol. The van der Waals surface area contributed by atoms with Crippen molar-refractivity contribution in [2.24, 2.45) is 0 Å². The van der Waals surface area contributed by atoms with E-state index in [1.807, 2.05) is 50.2 Å². The van der Waals surface area contributed by atoms with Gasteiger partial charge in [-0.3, -0.25) is 4.79 Å². The molecule has 2 aromatic rings. The summed E-state index contributed by atoms with van der Waals surface area (Å²) in [6.45, 7) is 5.03. The lowest BCUT2D eigenvalue weighted by Gasteiger charge is -2.10. The fourth-order valence-corrected chi connectivity index (χ4v) is 2.47. The number of benzene rings is 2. The van der Waals surface area contributed by atoms with Crippen molar-refractivity contribution in [3.05, 3.63) is 59.2 Å². The minimum atomic E-state index is 0. The fourth-order valence-electron chi connectivity index (χ4n) is 2.47. The van der Waals surface area contributed by atoms with Crippen LogP contribution in [0.25, 0.3) is 0 Å². The van der Waals surface area contributed by atoms with Gasteiger partial charge in [0.05, 0.1) is 6.54 Å². The lowest BCUT2D eigenvalue weighted by atomic mass is 10.1. The number of carbonyl (C=O) groups excluding carboxylic acids is 1. The van der Waals surface area contributed by atoms with Gasteiger partial charge in [0.2, 0.25) is 5.91 Å². The fraction of sp³-hybridized carbons (Fsp3) is 0.316. The zero-order chi connectivity index (χ0) is 16.7. The summed E-state index contributed by atoms with van der Waals surface area (Å²) in [5, 5.41) is 2.87. The van der Waals surface area contributed by atoms with Crippen molar-refractivity contribution in [3.63, 3.8) is 0 Å². The molecule has 1 amide bonds. The molecule has 0 spiro atoms. The summed E-state index contributed by atoms with van der Waals surface area (Å²) in [6.07, 6.45) is 1.08.